The van der Waals surface area contributed by atoms with Crippen molar-refractivity contribution >= 4 is 33.2 Å². The van der Waals surface area contributed by atoms with E-state index in [2.05, 4.69) is 33.2 Å². The highest BCUT2D eigenvalue weighted by atomic mass is 79.9. The first-order chi connectivity index (χ1) is 9.10. The minimum Gasteiger partial charge on any atom is -0.508 e. The predicted octanol–water partition coefficient (Wildman–Crippen LogP) is 4.77. The zero-order valence-corrected chi connectivity index (χ0v) is 12.7. The predicted molar refractivity (Wildman–Crippen MR) is 81.7 cm³/mol. The Morgan fingerprint density at radius 3 is 2.84 bits per heavy atom. The number of phenolic OH excluding ortho intramolecular Hbond substituents is 1. The van der Waals surface area contributed by atoms with Crippen molar-refractivity contribution in [3.8, 4) is 5.75 Å². The van der Waals surface area contributed by atoms with Crippen molar-refractivity contribution in [3.63, 3.8) is 0 Å². The lowest BCUT2D eigenvalue weighted by Gasteiger charge is -2.20. The van der Waals surface area contributed by atoms with Crippen molar-refractivity contribution in [3.05, 3.63) is 51.7 Å². The summed E-state index contributed by atoms with van der Waals surface area (Å²) in [7, 11) is 0. The first-order valence-electron chi connectivity index (χ1n) is 5.96. The fourth-order valence-electron chi connectivity index (χ4n) is 1.90. The van der Waals surface area contributed by atoms with E-state index in [4.69, 9.17) is 11.6 Å². The zero-order valence-electron chi connectivity index (χ0n) is 10.4. The summed E-state index contributed by atoms with van der Waals surface area (Å²) in [5.41, 5.74) is 1.73. The summed E-state index contributed by atoms with van der Waals surface area (Å²) in [5, 5.41) is 13.8. The van der Waals surface area contributed by atoms with Gasteiger partial charge in [-0.3, -0.25) is 0 Å². The third-order valence-electron chi connectivity index (χ3n) is 2.84. The fraction of sp³-hybridized carbons (Fsp3) is 0.214. The molecular formula is C14H14BrClN2O. The molecule has 2 N–H and O–H groups in total. The van der Waals surface area contributed by atoms with E-state index < -0.39 is 0 Å². The summed E-state index contributed by atoms with van der Waals surface area (Å²) in [5.74, 6) is 0.280. The Hall–Kier alpha value is -1.26. The molecular weight excluding hydrogens is 328 g/mol. The molecule has 0 amide bonds. The molecule has 100 valence electrons. The van der Waals surface area contributed by atoms with Crippen LogP contribution in [0.5, 0.6) is 5.75 Å². The highest BCUT2D eigenvalue weighted by Crippen LogP contribution is 2.32. The SMILES string of the molecule is CCC(Nc1ccnc(Cl)c1)c1cc(Br)ccc1O. The number of phenols is 1. The summed E-state index contributed by atoms with van der Waals surface area (Å²) in [6.45, 7) is 2.06. The van der Waals surface area contributed by atoms with Crippen LogP contribution in [0.4, 0.5) is 5.69 Å². The molecule has 0 aliphatic carbocycles. The minimum absolute atomic E-state index is 0.0102. The Labute approximate surface area is 125 Å². The molecule has 1 atom stereocenters. The fourth-order valence-corrected chi connectivity index (χ4v) is 2.45. The Morgan fingerprint density at radius 2 is 2.16 bits per heavy atom. The molecule has 0 aliphatic rings. The van der Waals surface area contributed by atoms with Gasteiger partial charge in [0.2, 0.25) is 0 Å². The maximum Gasteiger partial charge on any atom is 0.131 e. The standard InChI is InChI=1S/C14H14BrClN2O/c1-2-12(11-7-9(15)3-4-13(11)19)18-10-5-6-17-14(16)8-10/h3-8,12,19H,2H2,1H3,(H,17,18). The average molecular weight is 342 g/mol. The molecule has 1 aromatic heterocycles. The maximum absolute atomic E-state index is 9.97. The van der Waals surface area contributed by atoms with E-state index in [9.17, 15) is 5.11 Å². The van der Waals surface area contributed by atoms with Gasteiger partial charge < -0.3 is 10.4 Å². The molecule has 2 rings (SSSR count). The summed E-state index contributed by atoms with van der Waals surface area (Å²) in [6, 6.07) is 9.04. The third-order valence-corrected chi connectivity index (χ3v) is 3.54. The Bertz CT molecular complexity index is 577. The number of hydrogen-bond acceptors (Lipinski definition) is 3. The molecule has 3 nitrogen and oxygen atoms in total. The number of aromatic nitrogens is 1. The monoisotopic (exact) mass is 340 g/mol. The second-order valence-corrected chi connectivity index (χ2v) is 5.48. The van der Waals surface area contributed by atoms with Gasteiger partial charge in [0.05, 0.1) is 6.04 Å². The van der Waals surface area contributed by atoms with E-state index in [1.807, 2.05) is 18.2 Å². The number of nitrogens with zero attached hydrogens (tertiary/aromatic N) is 1. The number of benzene rings is 1. The lowest BCUT2D eigenvalue weighted by molar-refractivity contribution is 0.462. The lowest BCUT2D eigenvalue weighted by Crippen LogP contribution is -2.10. The van der Waals surface area contributed by atoms with Crippen molar-refractivity contribution in [2.24, 2.45) is 0 Å². The number of halogens is 2. The van der Waals surface area contributed by atoms with Gasteiger partial charge >= 0.3 is 0 Å². The number of anilines is 1. The van der Waals surface area contributed by atoms with Crippen molar-refractivity contribution in [2.75, 3.05) is 5.32 Å². The minimum atomic E-state index is 0.0102. The lowest BCUT2D eigenvalue weighted by atomic mass is 10.0. The maximum atomic E-state index is 9.97. The van der Waals surface area contributed by atoms with Crippen LogP contribution in [0.25, 0.3) is 0 Å². The van der Waals surface area contributed by atoms with Crippen LogP contribution in [-0.4, -0.2) is 10.1 Å². The molecule has 0 saturated heterocycles. The molecule has 2 aromatic rings. The normalized spacial score (nSPS) is 12.2. The number of hydrogen-bond donors (Lipinski definition) is 2. The summed E-state index contributed by atoms with van der Waals surface area (Å²) >= 11 is 9.29. The number of nitrogens with one attached hydrogen (secondary N) is 1. The van der Waals surface area contributed by atoms with E-state index in [-0.39, 0.29) is 11.8 Å². The Balaban J connectivity index is 2.27. The Kier molecular flexibility index (Phi) is 4.66. The summed E-state index contributed by atoms with van der Waals surface area (Å²) < 4.78 is 0.938. The molecule has 0 aliphatic heterocycles. The largest absolute Gasteiger partial charge is 0.508 e. The van der Waals surface area contributed by atoms with E-state index in [0.717, 1.165) is 22.1 Å². The molecule has 5 heteroatoms. The molecule has 0 radical (unpaired) electrons. The van der Waals surface area contributed by atoms with Gasteiger partial charge in [-0.15, -0.1) is 0 Å². The van der Waals surface area contributed by atoms with E-state index in [1.54, 1.807) is 18.3 Å². The van der Waals surface area contributed by atoms with Crippen LogP contribution in [0.3, 0.4) is 0 Å². The first kappa shape index (κ1) is 14.2. The van der Waals surface area contributed by atoms with Crippen LogP contribution in [0.1, 0.15) is 24.9 Å². The van der Waals surface area contributed by atoms with Crippen LogP contribution >= 0.6 is 27.5 Å². The topological polar surface area (TPSA) is 45.2 Å². The van der Waals surface area contributed by atoms with Crippen molar-refractivity contribution in [1.82, 2.24) is 4.98 Å². The molecule has 0 bridgehead atoms. The van der Waals surface area contributed by atoms with Crippen LogP contribution in [0.2, 0.25) is 5.15 Å². The van der Waals surface area contributed by atoms with E-state index >= 15 is 0 Å². The second-order valence-electron chi connectivity index (χ2n) is 4.18. The third kappa shape index (κ3) is 3.61. The highest BCUT2D eigenvalue weighted by molar-refractivity contribution is 9.10. The molecule has 1 heterocycles. The number of aromatic hydroxyl groups is 1. The quantitative estimate of drug-likeness (QED) is 0.788. The van der Waals surface area contributed by atoms with Crippen LogP contribution < -0.4 is 5.32 Å². The van der Waals surface area contributed by atoms with Gasteiger partial charge in [0.1, 0.15) is 10.9 Å². The van der Waals surface area contributed by atoms with Gasteiger partial charge in [-0.2, -0.15) is 0 Å². The van der Waals surface area contributed by atoms with Gasteiger partial charge in [-0.1, -0.05) is 34.5 Å². The van der Waals surface area contributed by atoms with Crippen LogP contribution in [-0.2, 0) is 0 Å². The smallest absolute Gasteiger partial charge is 0.131 e. The van der Waals surface area contributed by atoms with Crippen molar-refractivity contribution in [2.45, 2.75) is 19.4 Å². The van der Waals surface area contributed by atoms with Gasteiger partial charge in [-0.05, 0) is 36.8 Å². The van der Waals surface area contributed by atoms with Crippen molar-refractivity contribution in [1.29, 1.82) is 0 Å². The van der Waals surface area contributed by atoms with Gasteiger partial charge in [0, 0.05) is 21.9 Å². The second kappa shape index (κ2) is 6.26. The zero-order chi connectivity index (χ0) is 13.8. The number of rotatable bonds is 4. The van der Waals surface area contributed by atoms with Crippen LogP contribution in [0.15, 0.2) is 41.0 Å². The van der Waals surface area contributed by atoms with Gasteiger partial charge in [0.15, 0.2) is 0 Å². The summed E-state index contributed by atoms with van der Waals surface area (Å²) in [6.07, 6.45) is 2.49. The van der Waals surface area contributed by atoms with E-state index in [1.165, 1.54) is 0 Å². The molecule has 1 aromatic carbocycles. The molecule has 0 saturated carbocycles. The summed E-state index contributed by atoms with van der Waals surface area (Å²) in [4.78, 5) is 3.95. The average Bonchev–Trinajstić information content (AvgIpc) is 2.39. The highest BCUT2D eigenvalue weighted by Gasteiger charge is 2.14. The van der Waals surface area contributed by atoms with Gasteiger partial charge in [-0.25, -0.2) is 4.98 Å². The van der Waals surface area contributed by atoms with Crippen LogP contribution in [0, 0.1) is 0 Å². The first-order valence-corrected chi connectivity index (χ1v) is 7.13. The van der Waals surface area contributed by atoms with Gasteiger partial charge in [0.25, 0.3) is 0 Å². The van der Waals surface area contributed by atoms with Crippen molar-refractivity contribution < 1.29 is 5.11 Å². The molecule has 0 fully saturated rings. The molecule has 1 unspecified atom stereocenters. The van der Waals surface area contributed by atoms with E-state index in [0.29, 0.717) is 5.15 Å². The number of pyridine rings is 1. The molecule has 0 spiro atoms. The Morgan fingerprint density at radius 1 is 1.37 bits per heavy atom. The molecule has 19 heavy (non-hydrogen) atoms.